The summed E-state index contributed by atoms with van der Waals surface area (Å²) in [4.78, 5) is 11.5. The third-order valence-electron chi connectivity index (χ3n) is 8.02. The molecular weight excluding hydrogens is 418 g/mol. The van der Waals surface area contributed by atoms with Gasteiger partial charge in [0.1, 0.15) is 11.6 Å². The van der Waals surface area contributed by atoms with Gasteiger partial charge in [-0.2, -0.15) is 0 Å². The maximum Gasteiger partial charge on any atom is 0.131 e. The number of piperidine rings is 1. The molecule has 0 atom stereocenters. The second-order valence-corrected chi connectivity index (χ2v) is 11.5. The van der Waals surface area contributed by atoms with Crippen LogP contribution in [0.4, 0.5) is 0 Å². The highest BCUT2D eigenvalue weighted by Crippen LogP contribution is 2.39. The Bertz CT molecular complexity index is 1080. The van der Waals surface area contributed by atoms with Gasteiger partial charge in [0.05, 0.1) is 6.10 Å². The minimum atomic E-state index is 0.361. The van der Waals surface area contributed by atoms with Crippen molar-refractivity contribution in [3.8, 4) is 5.75 Å². The van der Waals surface area contributed by atoms with E-state index in [0.717, 1.165) is 50.0 Å². The van der Waals surface area contributed by atoms with E-state index >= 15 is 0 Å². The predicted molar refractivity (Wildman–Crippen MR) is 139 cm³/mol. The molecule has 3 aromatic rings. The van der Waals surface area contributed by atoms with Crippen molar-refractivity contribution in [1.82, 2.24) is 14.9 Å². The van der Waals surface area contributed by atoms with Crippen LogP contribution < -0.4 is 4.74 Å². The SMILES string of the molecule is CC(C)(C)[C@H]1CC[C@H](Oc2ccc3cc(CN4CCC(c5ncccn5)CC4)ccc3c2)CC1. The van der Waals surface area contributed by atoms with Crippen LogP contribution in [0.2, 0.25) is 0 Å². The molecule has 1 aliphatic carbocycles. The topological polar surface area (TPSA) is 38.2 Å². The first kappa shape index (κ1) is 23.3. The number of benzene rings is 2. The lowest BCUT2D eigenvalue weighted by Crippen LogP contribution is -2.32. The van der Waals surface area contributed by atoms with Crippen LogP contribution in [0.1, 0.15) is 76.6 Å². The quantitative estimate of drug-likeness (QED) is 0.414. The summed E-state index contributed by atoms with van der Waals surface area (Å²) >= 11 is 0. The molecule has 180 valence electrons. The molecule has 1 saturated heterocycles. The molecule has 0 spiro atoms. The zero-order valence-corrected chi connectivity index (χ0v) is 21.0. The van der Waals surface area contributed by atoms with E-state index in [9.17, 15) is 0 Å². The Morgan fingerprint density at radius 1 is 0.853 bits per heavy atom. The second kappa shape index (κ2) is 10.0. The van der Waals surface area contributed by atoms with E-state index in [1.807, 2.05) is 18.5 Å². The molecule has 34 heavy (non-hydrogen) atoms. The van der Waals surface area contributed by atoms with Gasteiger partial charge in [-0.15, -0.1) is 0 Å². The Balaban J connectivity index is 1.16. The van der Waals surface area contributed by atoms with Crippen LogP contribution in [0.5, 0.6) is 5.75 Å². The number of aromatic nitrogens is 2. The molecule has 4 nitrogen and oxygen atoms in total. The normalized spacial score (nSPS) is 22.7. The van der Waals surface area contributed by atoms with Crippen molar-refractivity contribution in [3.63, 3.8) is 0 Å². The molecule has 1 aromatic heterocycles. The summed E-state index contributed by atoms with van der Waals surface area (Å²) < 4.78 is 6.40. The van der Waals surface area contributed by atoms with E-state index in [1.54, 1.807) is 0 Å². The van der Waals surface area contributed by atoms with Crippen molar-refractivity contribution in [3.05, 3.63) is 66.2 Å². The lowest BCUT2D eigenvalue weighted by atomic mass is 9.72. The van der Waals surface area contributed by atoms with Crippen molar-refractivity contribution in [2.24, 2.45) is 11.3 Å². The van der Waals surface area contributed by atoms with Crippen LogP contribution in [0.15, 0.2) is 54.9 Å². The Kier molecular flexibility index (Phi) is 6.87. The molecule has 0 amide bonds. The van der Waals surface area contributed by atoms with Gasteiger partial charge < -0.3 is 4.74 Å². The van der Waals surface area contributed by atoms with E-state index in [1.165, 1.54) is 42.0 Å². The Labute approximate surface area is 204 Å². The minimum Gasteiger partial charge on any atom is -0.490 e. The molecule has 0 bridgehead atoms. The fraction of sp³-hybridized carbons (Fsp3) is 0.533. The summed E-state index contributed by atoms with van der Waals surface area (Å²) in [5, 5.41) is 2.57. The number of nitrogens with zero attached hydrogens (tertiary/aromatic N) is 3. The average Bonchev–Trinajstić information content (AvgIpc) is 2.85. The van der Waals surface area contributed by atoms with E-state index < -0.39 is 0 Å². The number of hydrogen-bond donors (Lipinski definition) is 0. The fourth-order valence-corrected chi connectivity index (χ4v) is 5.81. The third kappa shape index (κ3) is 5.60. The van der Waals surface area contributed by atoms with Gasteiger partial charge in [-0.3, -0.25) is 4.90 Å². The summed E-state index contributed by atoms with van der Waals surface area (Å²) in [7, 11) is 0. The first-order valence-corrected chi connectivity index (χ1v) is 13.1. The first-order valence-electron chi connectivity index (χ1n) is 13.1. The summed E-state index contributed by atoms with van der Waals surface area (Å²) in [5.41, 5.74) is 1.80. The van der Waals surface area contributed by atoms with Gasteiger partial charge in [-0.1, -0.05) is 39.0 Å². The maximum atomic E-state index is 6.40. The van der Waals surface area contributed by atoms with Crippen LogP contribution in [-0.4, -0.2) is 34.1 Å². The van der Waals surface area contributed by atoms with E-state index in [-0.39, 0.29) is 0 Å². The highest BCUT2D eigenvalue weighted by atomic mass is 16.5. The summed E-state index contributed by atoms with van der Waals surface area (Å²) in [5.74, 6) is 3.34. The van der Waals surface area contributed by atoms with Crippen LogP contribution in [-0.2, 0) is 6.54 Å². The first-order chi connectivity index (χ1) is 16.4. The molecule has 0 N–H and O–H groups in total. The molecule has 2 aliphatic rings. The van der Waals surface area contributed by atoms with E-state index in [2.05, 4.69) is 72.0 Å². The van der Waals surface area contributed by atoms with Crippen molar-refractivity contribution in [1.29, 1.82) is 0 Å². The number of rotatable bonds is 5. The van der Waals surface area contributed by atoms with Gasteiger partial charge in [0.2, 0.25) is 0 Å². The molecule has 4 heteroatoms. The second-order valence-electron chi connectivity index (χ2n) is 11.5. The molecule has 0 radical (unpaired) electrons. The van der Waals surface area contributed by atoms with Crippen LogP contribution in [0.25, 0.3) is 10.8 Å². The van der Waals surface area contributed by atoms with Crippen molar-refractivity contribution >= 4 is 10.8 Å². The van der Waals surface area contributed by atoms with E-state index in [0.29, 0.717) is 17.4 Å². The highest BCUT2D eigenvalue weighted by molar-refractivity contribution is 5.84. The van der Waals surface area contributed by atoms with Gasteiger partial charge in [0, 0.05) is 24.9 Å². The number of ether oxygens (including phenoxy) is 1. The fourth-order valence-electron chi connectivity index (χ4n) is 5.81. The molecule has 2 fully saturated rings. The monoisotopic (exact) mass is 457 g/mol. The molecule has 2 aromatic carbocycles. The van der Waals surface area contributed by atoms with Crippen LogP contribution in [0, 0.1) is 11.3 Å². The lowest BCUT2D eigenvalue weighted by Gasteiger charge is -2.37. The summed E-state index contributed by atoms with van der Waals surface area (Å²) in [6, 6.07) is 15.4. The maximum absolute atomic E-state index is 6.40. The highest BCUT2D eigenvalue weighted by Gasteiger charge is 2.30. The standard InChI is InChI=1S/C30H39N3O/c1-30(2,3)26-8-11-27(12-9-26)34-28-10-7-24-19-22(5-6-25(24)20-28)21-33-17-13-23(14-18-33)29-31-15-4-16-32-29/h4-7,10,15-16,19-20,23,26-27H,8-9,11-14,17-18,21H2,1-3H3/t26-,27-. The predicted octanol–water partition coefficient (Wildman–Crippen LogP) is 6.99. The van der Waals surface area contributed by atoms with Gasteiger partial charge in [-0.05, 0) is 104 Å². The average molecular weight is 458 g/mol. The van der Waals surface area contributed by atoms with Gasteiger partial charge in [0.15, 0.2) is 0 Å². The number of likely N-dealkylation sites (tertiary alicyclic amines) is 1. The third-order valence-corrected chi connectivity index (χ3v) is 8.02. The smallest absolute Gasteiger partial charge is 0.131 e. The number of hydrogen-bond acceptors (Lipinski definition) is 4. The zero-order valence-electron chi connectivity index (χ0n) is 21.0. The minimum absolute atomic E-state index is 0.361. The van der Waals surface area contributed by atoms with Crippen LogP contribution in [0.3, 0.4) is 0 Å². The largest absolute Gasteiger partial charge is 0.490 e. The molecule has 1 saturated carbocycles. The van der Waals surface area contributed by atoms with Crippen molar-refractivity contribution in [2.75, 3.05) is 13.1 Å². The van der Waals surface area contributed by atoms with Crippen LogP contribution >= 0.6 is 0 Å². The van der Waals surface area contributed by atoms with Crippen molar-refractivity contribution in [2.45, 2.75) is 77.9 Å². The molecular formula is C30H39N3O. The Morgan fingerprint density at radius 2 is 1.53 bits per heavy atom. The van der Waals surface area contributed by atoms with Gasteiger partial charge in [0.25, 0.3) is 0 Å². The van der Waals surface area contributed by atoms with Crippen molar-refractivity contribution < 1.29 is 4.74 Å². The zero-order chi connectivity index (χ0) is 23.5. The lowest BCUT2D eigenvalue weighted by molar-refractivity contribution is 0.0883. The Morgan fingerprint density at radius 3 is 2.24 bits per heavy atom. The van der Waals surface area contributed by atoms with Gasteiger partial charge >= 0.3 is 0 Å². The summed E-state index contributed by atoms with van der Waals surface area (Å²) in [6.07, 6.45) is 11.3. The molecule has 2 heterocycles. The molecule has 0 unspecified atom stereocenters. The Hall–Kier alpha value is -2.46. The molecule has 1 aliphatic heterocycles. The van der Waals surface area contributed by atoms with Gasteiger partial charge in [-0.25, -0.2) is 9.97 Å². The number of fused-ring (bicyclic) bond motifs is 1. The summed E-state index contributed by atoms with van der Waals surface area (Å²) in [6.45, 7) is 10.3. The van der Waals surface area contributed by atoms with E-state index in [4.69, 9.17) is 4.74 Å². The molecule has 5 rings (SSSR count).